The van der Waals surface area contributed by atoms with E-state index in [4.69, 9.17) is 14.9 Å². The Morgan fingerprint density at radius 1 is 0.853 bits per heavy atom. The molecule has 0 saturated heterocycles. The maximum atomic E-state index is 11.8. The molecule has 0 aromatic rings. The highest BCUT2D eigenvalue weighted by atomic mass is 32.1. The standard InChI is InChI=1S/C22H45NO10S/c1-5-14(26)10-21(2,3)33-13-22(4,34)23(11-17(29)19(31)15(27)6-8-24)12-18(30)20(32)16(28)7-9-25/h15-20,24-25,27-32,34H,5-13H2,1-4H3/t15-,16-,17+,18+,19+,20+,22?/m1/s1. The SMILES string of the molecule is CCC(=O)CC(C)(C)OCC(C)(S)N(C[C@H](O)[C@@H](O)[C@H](O)CCO)C[C@H](O)[C@@H](O)[C@H](O)CCO. The Kier molecular flexibility index (Phi) is 15.5. The molecule has 1 unspecified atom stereocenters. The van der Waals surface area contributed by atoms with Crippen LogP contribution in [-0.4, -0.2) is 132 Å². The Labute approximate surface area is 207 Å². The fourth-order valence-electron chi connectivity index (χ4n) is 3.33. The van der Waals surface area contributed by atoms with Crippen LogP contribution in [0.4, 0.5) is 0 Å². The van der Waals surface area contributed by atoms with Gasteiger partial charge in [0.2, 0.25) is 0 Å². The third kappa shape index (κ3) is 12.0. The van der Waals surface area contributed by atoms with Crippen LogP contribution in [0.5, 0.6) is 0 Å². The van der Waals surface area contributed by atoms with Gasteiger partial charge in [-0.3, -0.25) is 9.69 Å². The van der Waals surface area contributed by atoms with Crippen molar-refractivity contribution in [3.05, 3.63) is 0 Å². The van der Waals surface area contributed by atoms with Gasteiger partial charge >= 0.3 is 0 Å². The minimum Gasteiger partial charge on any atom is -0.396 e. The smallest absolute Gasteiger partial charge is 0.135 e. The maximum Gasteiger partial charge on any atom is 0.135 e. The number of nitrogens with zero attached hydrogens (tertiary/aromatic N) is 1. The fraction of sp³-hybridized carbons (Fsp3) is 0.955. The fourth-order valence-corrected chi connectivity index (χ4v) is 3.56. The molecule has 0 rings (SSSR count). The zero-order valence-electron chi connectivity index (χ0n) is 20.6. The van der Waals surface area contributed by atoms with Crippen molar-refractivity contribution in [1.29, 1.82) is 0 Å². The molecule has 0 aromatic carbocycles. The highest BCUT2D eigenvalue weighted by Crippen LogP contribution is 2.27. The van der Waals surface area contributed by atoms with Gasteiger partial charge in [0.25, 0.3) is 0 Å². The van der Waals surface area contributed by atoms with E-state index >= 15 is 0 Å². The Morgan fingerprint density at radius 2 is 1.26 bits per heavy atom. The molecule has 0 fully saturated rings. The first-order chi connectivity index (χ1) is 15.6. The van der Waals surface area contributed by atoms with Crippen molar-refractivity contribution in [2.24, 2.45) is 0 Å². The van der Waals surface area contributed by atoms with Crippen molar-refractivity contribution >= 4 is 18.4 Å². The van der Waals surface area contributed by atoms with Crippen LogP contribution in [-0.2, 0) is 9.53 Å². The molecule has 0 spiro atoms. The van der Waals surface area contributed by atoms with E-state index < -0.39 is 60.3 Å². The van der Waals surface area contributed by atoms with Crippen molar-refractivity contribution in [2.45, 2.75) is 100 Å². The average molecular weight is 516 g/mol. The van der Waals surface area contributed by atoms with Crippen LogP contribution >= 0.6 is 12.6 Å². The topological polar surface area (TPSA) is 191 Å². The Bertz CT molecular complexity index is 554. The molecule has 7 atom stereocenters. The number of rotatable bonds is 19. The molecule has 0 aliphatic heterocycles. The van der Waals surface area contributed by atoms with E-state index in [9.17, 15) is 35.4 Å². The summed E-state index contributed by atoms with van der Waals surface area (Å²) < 4.78 is 5.91. The van der Waals surface area contributed by atoms with Crippen LogP contribution in [0.2, 0.25) is 0 Å². The maximum absolute atomic E-state index is 11.8. The van der Waals surface area contributed by atoms with Gasteiger partial charge in [-0.2, -0.15) is 12.6 Å². The van der Waals surface area contributed by atoms with E-state index in [1.54, 1.807) is 27.7 Å². The minimum absolute atomic E-state index is 0.00977. The van der Waals surface area contributed by atoms with Gasteiger partial charge in [0.1, 0.15) is 18.0 Å². The van der Waals surface area contributed by atoms with Gasteiger partial charge in [-0.05, 0) is 33.6 Å². The van der Waals surface area contributed by atoms with Crippen LogP contribution in [0.15, 0.2) is 0 Å². The molecular formula is C22H45NO10S. The monoisotopic (exact) mass is 515 g/mol. The Balaban J connectivity index is 5.60. The van der Waals surface area contributed by atoms with Crippen molar-refractivity contribution < 1.29 is 50.4 Å². The predicted octanol–water partition coefficient (Wildman–Crippen LogP) is -1.97. The Morgan fingerprint density at radius 3 is 1.62 bits per heavy atom. The van der Waals surface area contributed by atoms with Crippen LogP contribution < -0.4 is 0 Å². The minimum atomic E-state index is -1.61. The largest absolute Gasteiger partial charge is 0.396 e. The van der Waals surface area contributed by atoms with Gasteiger partial charge < -0.3 is 45.6 Å². The number of Topliss-reactive ketones (excluding diaryl/α,β-unsaturated/α-hetero) is 1. The van der Waals surface area contributed by atoms with Crippen molar-refractivity contribution in [3.63, 3.8) is 0 Å². The van der Waals surface area contributed by atoms with Gasteiger partial charge in [-0.1, -0.05) is 6.92 Å². The van der Waals surface area contributed by atoms with Gasteiger partial charge in [0, 0.05) is 39.1 Å². The molecule has 0 saturated carbocycles. The summed E-state index contributed by atoms with van der Waals surface area (Å²) in [4.78, 5) is 12.1. The van der Waals surface area contributed by atoms with Crippen LogP contribution in [0, 0.1) is 0 Å². The van der Waals surface area contributed by atoms with E-state index in [0.29, 0.717) is 6.42 Å². The normalized spacial score (nSPS) is 19.8. The molecule has 204 valence electrons. The summed E-state index contributed by atoms with van der Waals surface area (Å²) in [6.07, 6.45) is -8.85. The molecule has 0 aromatic heterocycles. The summed E-state index contributed by atoms with van der Waals surface area (Å²) in [6.45, 7) is 5.33. The highest BCUT2D eigenvalue weighted by molar-refractivity contribution is 7.81. The van der Waals surface area contributed by atoms with Crippen molar-refractivity contribution in [1.82, 2.24) is 4.90 Å². The molecule has 0 aliphatic carbocycles. The van der Waals surface area contributed by atoms with E-state index in [-0.39, 0.29) is 44.7 Å². The number of ketones is 1. The van der Waals surface area contributed by atoms with Gasteiger partial charge in [-0.25, -0.2) is 0 Å². The first-order valence-corrected chi connectivity index (χ1v) is 12.0. The quantitative estimate of drug-likeness (QED) is 0.0685. The number of thiol groups is 1. The summed E-state index contributed by atoms with van der Waals surface area (Å²) in [7, 11) is 0. The first kappa shape index (κ1) is 33.6. The highest BCUT2D eigenvalue weighted by Gasteiger charge is 2.38. The van der Waals surface area contributed by atoms with E-state index in [1.165, 1.54) is 4.90 Å². The molecule has 12 heteroatoms. The van der Waals surface area contributed by atoms with E-state index in [0.717, 1.165) is 0 Å². The summed E-state index contributed by atoms with van der Waals surface area (Å²) in [5, 5.41) is 79.2. The zero-order valence-corrected chi connectivity index (χ0v) is 21.5. The number of hydrogen-bond acceptors (Lipinski definition) is 12. The van der Waals surface area contributed by atoms with Gasteiger partial charge in [-0.15, -0.1) is 0 Å². The summed E-state index contributed by atoms with van der Waals surface area (Å²) in [5.41, 5.74) is -0.826. The molecule has 11 nitrogen and oxygen atoms in total. The molecule has 34 heavy (non-hydrogen) atoms. The van der Waals surface area contributed by atoms with Crippen molar-refractivity contribution in [2.75, 3.05) is 32.9 Å². The van der Waals surface area contributed by atoms with Gasteiger partial charge in [0.05, 0.1) is 41.5 Å². The number of carbonyl (C=O) groups excluding carboxylic acids is 1. The number of aliphatic hydroxyl groups excluding tert-OH is 8. The molecule has 0 aliphatic rings. The van der Waals surface area contributed by atoms with Gasteiger partial charge in [0.15, 0.2) is 0 Å². The van der Waals surface area contributed by atoms with Crippen LogP contribution in [0.3, 0.4) is 0 Å². The lowest BCUT2D eigenvalue weighted by Gasteiger charge is -2.42. The third-order valence-corrected chi connectivity index (χ3v) is 6.09. The van der Waals surface area contributed by atoms with Crippen LogP contribution in [0.25, 0.3) is 0 Å². The second kappa shape index (κ2) is 15.7. The van der Waals surface area contributed by atoms with E-state index in [1.807, 2.05) is 0 Å². The number of ether oxygens (including phenoxy) is 1. The average Bonchev–Trinajstić information content (AvgIpc) is 2.76. The van der Waals surface area contributed by atoms with Crippen molar-refractivity contribution in [3.8, 4) is 0 Å². The zero-order chi connectivity index (χ0) is 26.7. The lowest BCUT2D eigenvalue weighted by atomic mass is 10.00. The lowest BCUT2D eigenvalue weighted by molar-refractivity contribution is -0.129. The summed E-state index contributed by atoms with van der Waals surface area (Å²) >= 11 is 4.60. The molecule has 0 amide bonds. The molecular weight excluding hydrogens is 470 g/mol. The molecule has 8 N–H and O–H groups in total. The number of aliphatic hydroxyl groups is 8. The molecule has 0 heterocycles. The number of hydrogen-bond donors (Lipinski definition) is 9. The molecule has 0 bridgehead atoms. The Hall–Kier alpha value is -0.380. The third-order valence-electron chi connectivity index (χ3n) is 5.68. The summed E-state index contributed by atoms with van der Waals surface area (Å²) in [6, 6.07) is 0. The summed E-state index contributed by atoms with van der Waals surface area (Å²) in [5.74, 6) is 0.00977. The predicted molar refractivity (Wildman–Crippen MR) is 128 cm³/mol. The molecule has 0 radical (unpaired) electrons. The van der Waals surface area contributed by atoms with Crippen LogP contribution in [0.1, 0.15) is 53.4 Å². The lowest BCUT2D eigenvalue weighted by Crippen LogP contribution is -2.57. The second-order valence-corrected chi connectivity index (χ2v) is 10.5. The number of carbonyl (C=O) groups is 1. The second-order valence-electron chi connectivity index (χ2n) is 9.51. The van der Waals surface area contributed by atoms with E-state index in [2.05, 4.69) is 12.6 Å². The first-order valence-electron chi connectivity index (χ1n) is 11.5.